The van der Waals surface area contributed by atoms with E-state index in [2.05, 4.69) is 10.3 Å². The van der Waals surface area contributed by atoms with E-state index < -0.39 is 11.7 Å². The fourth-order valence-electron chi connectivity index (χ4n) is 1.29. The van der Waals surface area contributed by atoms with Gasteiger partial charge in [-0.1, -0.05) is 23.2 Å². The van der Waals surface area contributed by atoms with E-state index in [4.69, 9.17) is 23.2 Å². The standard InChI is InChI=1S/C12H7Cl2FN2O/c13-9-3-1-7(5-10(9)15)12(18)17-8-2-4-11(14)16-6-8/h1-6H,(H,17,18). The molecule has 92 valence electrons. The topological polar surface area (TPSA) is 42.0 Å². The van der Waals surface area contributed by atoms with Gasteiger partial charge in [-0.3, -0.25) is 4.79 Å². The van der Waals surface area contributed by atoms with Gasteiger partial charge in [0.2, 0.25) is 0 Å². The zero-order chi connectivity index (χ0) is 13.1. The van der Waals surface area contributed by atoms with E-state index in [1.165, 1.54) is 18.3 Å². The van der Waals surface area contributed by atoms with Gasteiger partial charge in [-0.05, 0) is 30.3 Å². The Labute approximate surface area is 113 Å². The molecule has 2 aromatic rings. The van der Waals surface area contributed by atoms with Crippen LogP contribution in [0.15, 0.2) is 36.5 Å². The van der Waals surface area contributed by atoms with Crippen LogP contribution in [0, 0.1) is 5.82 Å². The number of benzene rings is 1. The molecule has 0 saturated carbocycles. The van der Waals surface area contributed by atoms with Gasteiger partial charge in [0.05, 0.1) is 16.9 Å². The number of amides is 1. The van der Waals surface area contributed by atoms with Gasteiger partial charge >= 0.3 is 0 Å². The first kappa shape index (κ1) is 12.8. The first-order valence-corrected chi connectivity index (χ1v) is 5.70. The highest BCUT2D eigenvalue weighted by atomic mass is 35.5. The molecule has 0 spiro atoms. The minimum Gasteiger partial charge on any atom is -0.321 e. The summed E-state index contributed by atoms with van der Waals surface area (Å²) in [7, 11) is 0. The number of pyridine rings is 1. The van der Waals surface area contributed by atoms with E-state index >= 15 is 0 Å². The molecule has 0 saturated heterocycles. The predicted molar refractivity (Wildman–Crippen MR) is 68.6 cm³/mol. The molecule has 0 radical (unpaired) electrons. The Morgan fingerprint density at radius 3 is 2.61 bits per heavy atom. The van der Waals surface area contributed by atoms with E-state index in [1.54, 1.807) is 12.1 Å². The molecule has 0 fully saturated rings. The van der Waals surface area contributed by atoms with Crippen LogP contribution < -0.4 is 5.32 Å². The van der Waals surface area contributed by atoms with Crippen molar-refractivity contribution in [1.29, 1.82) is 0 Å². The summed E-state index contributed by atoms with van der Waals surface area (Å²) < 4.78 is 13.2. The van der Waals surface area contributed by atoms with Gasteiger partial charge in [0.1, 0.15) is 11.0 Å². The van der Waals surface area contributed by atoms with E-state index in [0.717, 1.165) is 6.07 Å². The summed E-state index contributed by atoms with van der Waals surface area (Å²) in [5, 5.41) is 2.86. The molecule has 1 N–H and O–H groups in total. The average molecular weight is 285 g/mol. The summed E-state index contributed by atoms with van der Waals surface area (Å²) in [4.78, 5) is 15.6. The van der Waals surface area contributed by atoms with E-state index in [-0.39, 0.29) is 10.6 Å². The number of halogens is 3. The molecule has 18 heavy (non-hydrogen) atoms. The molecule has 0 atom stereocenters. The second-order valence-electron chi connectivity index (χ2n) is 3.45. The molecular weight excluding hydrogens is 278 g/mol. The lowest BCUT2D eigenvalue weighted by Gasteiger charge is -2.05. The Hall–Kier alpha value is -1.65. The van der Waals surface area contributed by atoms with Crippen molar-refractivity contribution in [2.75, 3.05) is 5.32 Å². The maximum Gasteiger partial charge on any atom is 0.255 e. The molecule has 0 aliphatic heterocycles. The molecule has 1 aromatic carbocycles. The van der Waals surface area contributed by atoms with Gasteiger partial charge in [0, 0.05) is 5.56 Å². The highest BCUT2D eigenvalue weighted by molar-refractivity contribution is 6.31. The maximum atomic E-state index is 13.2. The third kappa shape index (κ3) is 2.97. The molecule has 6 heteroatoms. The number of carbonyl (C=O) groups excluding carboxylic acids is 1. The lowest BCUT2D eigenvalue weighted by Crippen LogP contribution is -2.12. The van der Waals surface area contributed by atoms with Crippen LogP contribution >= 0.6 is 23.2 Å². The van der Waals surface area contributed by atoms with Crippen molar-refractivity contribution in [3.63, 3.8) is 0 Å². The van der Waals surface area contributed by atoms with Crippen molar-refractivity contribution in [1.82, 2.24) is 4.98 Å². The minimum atomic E-state index is -0.640. The fraction of sp³-hybridized carbons (Fsp3) is 0. The molecule has 1 heterocycles. The number of rotatable bonds is 2. The maximum absolute atomic E-state index is 13.2. The summed E-state index contributed by atoms with van der Waals surface area (Å²) in [6.45, 7) is 0. The van der Waals surface area contributed by atoms with Gasteiger partial charge in [0.15, 0.2) is 0 Å². The van der Waals surface area contributed by atoms with E-state index in [0.29, 0.717) is 10.8 Å². The van der Waals surface area contributed by atoms with Crippen LogP contribution in [0.3, 0.4) is 0 Å². The van der Waals surface area contributed by atoms with E-state index in [1.807, 2.05) is 0 Å². The second-order valence-corrected chi connectivity index (χ2v) is 4.25. The van der Waals surface area contributed by atoms with Crippen LogP contribution in [0.2, 0.25) is 10.2 Å². The number of carbonyl (C=O) groups is 1. The van der Waals surface area contributed by atoms with Gasteiger partial charge in [-0.25, -0.2) is 9.37 Å². The quantitative estimate of drug-likeness (QED) is 0.853. The van der Waals surface area contributed by atoms with Crippen LogP contribution in [-0.4, -0.2) is 10.9 Å². The smallest absolute Gasteiger partial charge is 0.255 e. The summed E-state index contributed by atoms with van der Waals surface area (Å²) >= 11 is 11.1. The molecule has 1 aromatic heterocycles. The number of hydrogen-bond donors (Lipinski definition) is 1. The lowest BCUT2D eigenvalue weighted by molar-refractivity contribution is 0.102. The van der Waals surface area contributed by atoms with Crippen molar-refractivity contribution in [2.24, 2.45) is 0 Å². The zero-order valence-electron chi connectivity index (χ0n) is 8.95. The van der Waals surface area contributed by atoms with E-state index in [9.17, 15) is 9.18 Å². The molecule has 0 unspecified atom stereocenters. The average Bonchev–Trinajstić information content (AvgIpc) is 2.35. The monoisotopic (exact) mass is 284 g/mol. The SMILES string of the molecule is O=C(Nc1ccc(Cl)nc1)c1ccc(Cl)c(F)c1. The Bertz CT molecular complexity index is 587. The van der Waals surface area contributed by atoms with Gasteiger partial charge in [-0.2, -0.15) is 0 Å². The summed E-state index contributed by atoms with van der Waals surface area (Å²) in [6, 6.07) is 6.97. The normalized spacial score (nSPS) is 10.2. The molecule has 2 rings (SSSR count). The first-order chi connectivity index (χ1) is 8.56. The number of anilines is 1. The van der Waals surface area contributed by atoms with Crippen LogP contribution in [0.25, 0.3) is 0 Å². The summed E-state index contributed by atoms with van der Waals surface area (Å²) in [6.07, 6.45) is 1.41. The van der Waals surface area contributed by atoms with Gasteiger partial charge in [0.25, 0.3) is 5.91 Å². The number of nitrogens with zero attached hydrogens (tertiary/aromatic N) is 1. The second kappa shape index (κ2) is 5.33. The molecule has 0 aliphatic carbocycles. The Morgan fingerprint density at radius 2 is 2.00 bits per heavy atom. The number of aromatic nitrogens is 1. The van der Waals surface area contributed by atoms with Crippen molar-refractivity contribution in [3.05, 3.63) is 58.1 Å². The van der Waals surface area contributed by atoms with Crippen LogP contribution in [0.4, 0.5) is 10.1 Å². The highest BCUT2D eigenvalue weighted by Crippen LogP contribution is 2.17. The van der Waals surface area contributed by atoms with Crippen molar-refractivity contribution in [2.45, 2.75) is 0 Å². The molecule has 0 bridgehead atoms. The fourth-order valence-corrected chi connectivity index (χ4v) is 1.52. The third-order valence-electron chi connectivity index (χ3n) is 2.17. The van der Waals surface area contributed by atoms with Crippen molar-refractivity contribution in [3.8, 4) is 0 Å². The molecule has 1 amide bonds. The Kier molecular flexibility index (Phi) is 3.79. The van der Waals surface area contributed by atoms with Crippen LogP contribution in [-0.2, 0) is 0 Å². The summed E-state index contributed by atoms with van der Waals surface area (Å²) in [5.74, 6) is -1.09. The number of hydrogen-bond acceptors (Lipinski definition) is 2. The lowest BCUT2D eigenvalue weighted by atomic mass is 10.2. The van der Waals surface area contributed by atoms with Crippen molar-refractivity contribution < 1.29 is 9.18 Å². The van der Waals surface area contributed by atoms with Gasteiger partial charge in [-0.15, -0.1) is 0 Å². The largest absolute Gasteiger partial charge is 0.321 e. The first-order valence-electron chi connectivity index (χ1n) is 4.94. The number of nitrogens with one attached hydrogen (secondary N) is 1. The minimum absolute atomic E-state index is 0.0280. The molecule has 3 nitrogen and oxygen atoms in total. The van der Waals surface area contributed by atoms with Gasteiger partial charge < -0.3 is 5.32 Å². The zero-order valence-corrected chi connectivity index (χ0v) is 10.5. The Morgan fingerprint density at radius 1 is 1.22 bits per heavy atom. The molecular formula is C12H7Cl2FN2O. The van der Waals surface area contributed by atoms with Crippen LogP contribution in [0.5, 0.6) is 0 Å². The summed E-state index contributed by atoms with van der Waals surface area (Å²) in [5.41, 5.74) is 0.645. The predicted octanol–water partition coefficient (Wildman–Crippen LogP) is 3.78. The van der Waals surface area contributed by atoms with Crippen LogP contribution in [0.1, 0.15) is 10.4 Å². The third-order valence-corrected chi connectivity index (χ3v) is 2.70. The van der Waals surface area contributed by atoms with Crippen molar-refractivity contribution >= 4 is 34.8 Å². The Balaban J connectivity index is 2.16. The molecule has 0 aliphatic rings. The highest BCUT2D eigenvalue weighted by Gasteiger charge is 2.09.